The molecule has 0 saturated carbocycles. The van der Waals surface area contributed by atoms with Crippen LogP contribution in [0.1, 0.15) is 43.9 Å². The monoisotopic (exact) mass is 272 g/mol. The SMILES string of the molecule is CC(C)c1ccc(Sc2ccccc2C(C)O)cc1. The van der Waals surface area contributed by atoms with Crippen molar-refractivity contribution < 1.29 is 5.11 Å². The van der Waals surface area contributed by atoms with Crippen LogP contribution in [-0.2, 0) is 0 Å². The van der Waals surface area contributed by atoms with Crippen molar-refractivity contribution in [2.45, 2.75) is 42.6 Å². The van der Waals surface area contributed by atoms with Gasteiger partial charge in [0.2, 0.25) is 0 Å². The first-order valence-corrected chi connectivity index (χ1v) is 7.44. The lowest BCUT2D eigenvalue weighted by molar-refractivity contribution is 0.196. The summed E-state index contributed by atoms with van der Waals surface area (Å²) < 4.78 is 0. The van der Waals surface area contributed by atoms with Crippen LogP contribution < -0.4 is 0 Å². The average molecular weight is 272 g/mol. The molecule has 2 heteroatoms. The smallest absolute Gasteiger partial charge is 0.0772 e. The molecule has 0 aliphatic rings. The van der Waals surface area contributed by atoms with Gasteiger partial charge >= 0.3 is 0 Å². The first kappa shape index (κ1) is 14.2. The van der Waals surface area contributed by atoms with E-state index in [2.05, 4.69) is 44.2 Å². The largest absolute Gasteiger partial charge is 0.389 e. The number of aliphatic hydroxyl groups excluding tert-OH is 1. The third-order valence-corrected chi connectivity index (χ3v) is 4.24. The van der Waals surface area contributed by atoms with Crippen molar-refractivity contribution in [3.63, 3.8) is 0 Å². The quantitative estimate of drug-likeness (QED) is 0.843. The van der Waals surface area contributed by atoms with Gasteiger partial charge in [-0.1, -0.05) is 55.9 Å². The standard InChI is InChI=1S/C17H20OS/c1-12(2)14-8-10-15(11-9-14)19-17-7-5-4-6-16(17)13(3)18/h4-13,18H,1-3H3. The molecule has 0 aliphatic carbocycles. The van der Waals surface area contributed by atoms with E-state index < -0.39 is 6.10 Å². The Bertz CT molecular complexity index is 529. The molecular formula is C17H20OS. The van der Waals surface area contributed by atoms with E-state index in [-0.39, 0.29) is 0 Å². The summed E-state index contributed by atoms with van der Waals surface area (Å²) in [5, 5.41) is 9.79. The molecule has 2 aromatic rings. The summed E-state index contributed by atoms with van der Waals surface area (Å²) in [5.41, 5.74) is 2.34. The van der Waals surface area contributed by atoms with E-state index >= 15 is 0 Å². The molecule has 1 N–H and O–H groups in total. The third-order valence-electron chi connectivity index (χ3n) is 3.14. The fourth-order valence-electron chi connectivity index (χ4n) is 1.97. The van der Waals surface area contributed by atoms with E-state index in [1.54, 1.807) is 18.7 Å². The minimum atomic E-state index is -0.432. The Labute approximate surface area is 119 Å². The molecule has 2 rings (SSSR count). The molecule has 0 fully saturated rings. The molecule has 0 saturated heterocycles. The van der Waals surface area contributed by atoms with Gasteiger partial charge in [-0.2, -0.15) is 0 Å². The van der Waals surface area contributed by atoms with E-state index in [9.17, 15) is 5.11 Å². The fraction of sp³-hybridized carbons (Fsp3) is 0.294. The van der Waals surface area contributed by atoms with Gasteiger partial charge in [0.15, 0.2) is 0 Å². The van der Waals surface area contributed by atoms with Crippen LogP contribution in [0.4, 0.5) is 0 Å². The normalized spacial score (nSPS) is 12.7. The predicted octanol–water partition coefficient (Wildman–Crippen LogP) is 5.01. The molecule has 1 atom stereocenters. The molecule has 0 amide bonds. The van der Waals surface area contributed by atoms with Crippen molar-refractivity contribution in [3.8, 4) is 0 Å². The summed E-state index contributed by atoms with van der Waals surface area (Å²) in [6, 6.07) is 16.7. The van der Waals surface area contributed by atoms with Gasteiger partial charge in [0.25, 0.3) is 0 Å². The van der Waals surface area contributed by atoms with Crippen molar-refractivity contribution in [1.82, 2.24) is 0 Å². The number of hydrogen-bond acceptors (Lipinski definition) is 2. The van der Waals surface area contributed by atoms with Crippen molar-refractivity contribution >= 4 is 11.8 Å². The molecule has 0 bridgehead atoms. The highest BCUT2D eigenvalue weighted by molar-refractivity contribution is 7.99. The van der Waals surface area contributed by atoms with Gasteiger partial charge in [0, 0.05) is 9.79 Å². The average Bonchev–Trinajstić information content (AvgIpc) is 2.39. The zero-order valence-electron chi connectivity index (χ0n) is 11.6. The van der Waals surface area contributed by atoms with Gasteiger partial charge in [-0.05, 0) is 42.2 Å². The lowest BCUT2D eigenvalue weighted by Gasteiger charge is -2.12. The second kappa shape index (κ2) is 6.27. The van der Waals surface area contributed by atoms with Crippen LogP contribution in [0.5, 0.6) is 0 Å². The second-order valence-electron chi connectivity index (χ2n) is 5.04. The highest BCUT2D eigenvalue weighted by Crippen LogP contribution is 2.33. The van der Waals surface area contributed by atoms with Crippen LogP contribution in [-0.4, -0.2) is 5.11 Å². The maximum atomic E-state index is 9.79. The highest BCUT2D eigenvalue weighted by Gasteiger charge is 2.08. The maximum absolute atomic E-state index is 9.79. The molecule has 0 heterocycles. The molecule has 2 aromatic carbocycles. The predicted molar refractivity (Wildman–Crippen MR) is 81.7 cm³/mol. The Kier molecular flexibility index (Phi) is 4.67. The molecule has 100 valence electrons. The molecule has 1 unspecified atom stereocenters. The van der Waals surface area contributed by atoms with Gasteiger partial charge < -0.3 is 5.11 Å². The lowest BCUT2D eigenvalue weighted by atomic mass is 10.0. The van der Waals surface area contributed by atoms with E-state index in [0.717, 1.165) is 10.5 Å². The maximum Gasteiger partial charge on any atom is 0.0772 e. The van der Waals surface area contributed by atoms with Crippen molar-refractivity contribution in [2.75, 3.05) is 0 Å². The molecule has 0 aromatic heterocycles. The van der Waals surface area contributed by atoms with E-state index in [0.29, 0.717) is 5.92 Å². The van der Waals surface area contributed by atoms with Crippen LogP contribution in [0.15, 0.2) is 58.3 Å². The van der Waals surface area contributed by atoms with Crippen LogP contribution >= 0.6 is 11.8 Å². The summed E-state index contributed by atoms with van der Waals surface area (Å²) in [6.07, 6.45) is -0.432. The fourth-order valence-corrected chi connectivity index (χ4v) is 3.00. The molecular weight excluding hydrogens is 252 g/mol. The third kappa shape index (κ3) is 3.62. The van der Waals surface area contributed by atoms with Crippen LogP contribution in [0, 0.1) is 0 Å². The van der Waals surface area contributed by atoms with Crippen LogP contribution in [0.3, 0.4) is 0 Å². The van der Waals surface area contributed by atoms with Crippen LogP contribution in [0.25, 0.3) is 0 Å². The Morgan fingerprint density at radius 3 is 2.11 bits per heavy atom. The molecule has 1 nitrogen and oxygen atoms in total. The Morgan fingerprint density at radius 2 is 1.53 bits per heavy atom. The minimum absolute atomic E-state index is 0.432. The molecule has 19 heavy (non-hydrogen) atoms. The zero-order chi connectivity index (χ0) is 13.8. The van der Waals surface area contributed by atoms with Gasteiger partial charge in [-0.15, -0.1) is 0 Å². The van der Waals surface area contributed by atoms with Crippen molar-refractivity contribution in [1.29, 1.82) is 0 Å². The van der Waals surface area contributed by atoms with E-state index in [1.165, 1.54) is 10.5 Å². The van der Waals surface area contributed by atoms with Gasteiger partial charge in [-0.3, -0.25) is 0 Å². The molecule has 0 spiro atoms. The lowest BCUT2D eigenvalue weighted by Crippen LogP contribution is -1.93. The summed E-state index contributed by atoms with van der Waals surface area (Å²) in [6.45, 7) is 6.21. The van der Waals surface area contributed by atoms with Crippen molar-refractivity contribution in [2.24, 2.45) is 0 Å². The highest BCUT2D eigenvalue weighted by atomic mass is 32.2. The second-order valence-corrected chi connectivity index (χ2v) is 6.15. The Morgan fingerprint density at radius 1 is 0.895 bits per heavy atom. The first-order chi connectivity index (χ1) is 9.08. The first-order valence-electron chi connectivity index (χ1n) is 6.62. The molecule has 0 radical (unpaired) electrons. The number of aliphatic hydroxyl groups is 1. The number of rotatable bonds is 4. The summed E-state index contributed by atoms with van der Waals surface area (Å²) in [4.78, 5) is 2.33. The summed E-state index contributed by atoms with van der Waals surface area (Å²) in [5.74, 6) is 0.559. The number of benzene rings is 2. The number of hydrogen-bond donors (Lipinski definition) is 1. The van der Waals surface area contributed by atoms with E-state index in [4.69, 9.17) is 0 Å². The zero-order valence-corrected chi connectivity index (χ0v) is 12.4. The van der Waals surface area contributed by atoms with Gasteiger partial charge in [0.1, 0.15) is 0 Å². The van der Waals surface area contributed by atoms with Gasteiger partial charge in [0.05, 0.1) is 6.10 Å². The van der Waals surface area contributed by atoms with Gasteiger partial charge in [-0.25, -0.2) is 0 Å². The Balaban J connectivity index is 2.21. The minimum Gasteiger partial charge on any atom is -0.389 e. The topological polar surface area (TPSA) is 20.2 Å². The van der Waals surface area contributed by atoms with Crippen molar-refractivity contribution in [3.05, 3.63) is 59.7 Å². The van der Waals surface area contributed by atoms with Crippen LogP contribution in [0.2, 0.25) is 0 Å². The van der Waals surface area contributed by atoms with E-state index in [1.807, 2.05) is 18.2 Å². The molecule has 0 aliphatic heterocycles. The summed E-state index contributed by atoms with van der Waals surface area (Å²) in [7, 11) is 0. The Hall–Kier alpha value is -1.25. The summed E-state index contributed by atoms with van der Waals surface area (Å²) >= 11 is 1.70.